The maximum Gasteiger partial charge on any atom is 0.166 e. The maximum absolute atomic E-state index is 11.8. The van der Waals surface area contributed by atoms with Crippen molar-refractivity contribution in [3.8, 4) is 11.8 Å². The summed E-state index contributed by atoms with van der Waals surface area (Å²) in [7, 11) is 0. The van der Waals surface area contributed by atoms with Crippen LogP contribution in [0.5, 0.6) is 5.75 Å². The van der Waals surface area contributed by atoms with Crippen molar-refractivity contribution in [2.24, 2.45) is 0 Å². The van der Waals surface area contributed by atoms with E-state index in [0.717, 1.165) is 5.56 Å². The van der Waals surface area contributed by atoms with Gasteiger partial charge in [0.1, 0.15) is 12.4 Å². The summed E-state index contributed by atoms with van der Waals surface area (Å²) < 4.78 is 5.72. The van der Waals surface area contributed by atoms with Crippen LogP contribution in [0.4, 0.5) is 0 Å². The second kappa shape index (κ2) is 6.53. The first kappa shape index (κ1) is 13.8. The van der Waals surface area contributed by atoms with Crippen LogP contribution in [-0.4, -0.2) is 5.78 Å². The molecule has 0 amide bonds. The Hall–Kier alpha value is -2.60. The molecular weight excluding hydrogens is 250 g/mol. The number of benzene rings is 2. The maximum atomic E-state index is 11.8. The highest BCUT2D eigenvalue weighted by Crippen LogP contribution is 2.21. The molecule has 2 rings (SSSR count). The van der Waals surface area contributed by atoms with Crippen LogP contribution in [0.2, 0.25) is 0 Å². The Balaban J connectivity index is 2.20. The van der Waals surface area contributed by atoms with Gasteiger partial charge in [0.25, 0.3) is 0 Å². The Kier molecular flexibility index (Phi) is 4.52. The molecular formula is C17H15NO2. The molecule has 0 N–H and O–H groups in total. The third-order valence-electron chi connectivity index (χ3n) is 3.03. The summed E-state index contributed by atoms with van der Waals surface area (Å²) in [5.74, 6) is 0.612. The number of nitriles is 1. The van der Waals surface area contributed by atoms with Crippen LogP contribution >= 0.6 is 0 Å². The molecule has 0 aliphatic heterocycles. The minimum absolute atomic E-state index is 0.0502. The molecule has 3 nitrogen and oxygen atoms in total. The van der Waals surface area contributed by atoms with Gasteiger partial charge in [0.2, 0.25) is 0 Å². The zero-order valence-corrected chi connectivity index (χ0v) is 11.3. The summed E-state index contributed by atoms with van der Waals surface area (Å²) in [5, 5.41) is 9.04. The van der Waals surface area contributed by atoms with E-state index in [9.17, 15) is 4.79 Å². The fourth-order valence-corrected chi connectivity index (χ4v) is 1.92. The highest BCUT2D eigenvalue weighted by molar-refractivity contribution is 5.98. The second-order valence-electron chi connectivity index (χ2n) is 4.33. The van der Waals surface area contributed by atoms with Gasteiger partial charge in [-0.15, -0.1) is 0 Å². The average molecular weight is 265 g/mol. The van der Waals surface area contributed by atoms with E-state index in [2.05, 4.69) is 6.07 Å². The van der Waals surface area contributed by atoms with E-state index in [1.165, 1.54) is 0 Å². The molecule has 0 saturated heterocycles. The molecule has 0 spiro atoms. The first-order valence-electron chi connectivity index (χ1n) is 6.49. The molecule has 0 aliphatic rings. The lowest BCUT2D eigenvalue weighted by atomic mass is 10.1. The van der Waals surface area contributed by atoms with Crippen LogP contribution in [-0.2, 0) is 6.61 Å². The van der Waals surface area contributed by atoms with Crippen molar-refractivity contribution < 1.29 is 9.53 Å². The molecule has 0 aromatic heterocycles. The third kappa shape index (κ3) is 3.04. The van der Waals surface area contributed by atoms with Crippen molar-refractivity contribution in [1.82, 2.24) is 0 Å². The normalized spacial score (nSPS) is 9.80. The quantitative estimate of drug-likeness (QED) is 0.774. The van der Waals surface area contributed by atoms with Crippen molar-refractivity contribution in [2.45, 2.75) is 20.0 Å². The fraction of sp³-hybridized carbons (Fsp3) is 0.176. The van der Waals surface area contributed by atoms with E-state index < -0.39 is 0 Å². The second-order valence-corrected chi connectivity index (χ2v) is 4.33. The minimum Gasteiger partial charge on any atom is -0.488 e. The number of hydrogen-bond acceptors (Lipinski definition) is 3. The van der Waals surface area contributed by atoms with Gasteiger partial charge in [-0.25, -0.2) is 0 Å². The van der Waals surface area contributed by atoms with Gasteiger partial charge in [-0.3, -0.25) is 4.79 Å². The van der Waals surface area contributed by atoms with Crippen molar-refractivity contribution in [1.29, 1.82) is 5.26 Å². The van der Waals surface area contributed by atoms with Crippen LogP contribution in [0.3, 0.4) is 0 Å². The zero-order chi connectivity index (χ0) is 14.4. The number of hydrogen-bond donors (Lipinski definition) is 0. The summed E-state index contributed by atoms with van der Waals surface area (Å²) in [6.07, 6.45) is 0.440. The van der Waals surface area contributed by atoms with Gasteiger partial charge in [-0.1, -0.05) is 37.3 Å². The number of para-hydroxylation sites is 1. The Morgan fingerprint density at radius 1 is 1.15 bits per heavy atom. The standard InChI is InChI=1S/C17H15NO2/c1-2-16(19)15-9-5-6-10-17(15)20-12-14-8-4-3-7-13(14)11-18/h3-10H,2,12H2,1H3. The molecule has 2 aromatic carbocycles. The van der Waals surface area contributed by atoms with Crippen LogP contribution in [0.15, 0.2) is 48.5 Å². The summed E-state index contributed by atoms with van der Waals surface area (Å²) in [6.45, 7) is 2.10. The predicted molar refractivity (Wildman–Crippen MR) is 76.6 cm³/mol. The molecule has 0 saturated carbocycles. The highest BCUT2D eigenvalue weighted by atomic mass is 16.5. The third-order valence-corrected chi connectivity index (χ3v) is 3.03. The monoisotopic (exact) mass is 265 g/mol. The number of carbonyl (C=O) groups is 1. The average Bonchev–Trinajstić information content (AvgIpc) is 2.52. The van der Waals surface area contributed by atoms with Gasteiger partial charge >= 0.3 is 0 Å². The Morgan fingerprint density at radius 3 is 2.60 bits per heavy atom. The van der Waals surface area contributed by atoms with Crippen molar-refractivity contribution in [2.75, 3.05) is 0 Å². The summed E-state index contributed by atoms with van der Waals surface area (Å²) in [6, 6.07) is 16.6. The number of carbonyl (C=O) groups excluding carboxylic acids is 1. The molecule has 0 unspecified atom stereocenters. The Bertz CT molecular complexity index is 656. The van der Waals surface area contributed by atoms with Crippen LogP contribution in [0.25, 0.3) is 0 Å². The van der Waals surface area contributed by atoms with Crippen molar-refractivity contribution >= 4 is 5.78 Å². The number of ketones is 1. The predicted octanol–water partition coefficient (Wildman–Crippen LogP) is 3.73. The molecule has 0 aliphatic carbocycles. The van der Waals surface area contributed by atoms with Gasteiger partial charge in [-0.05, 0) is 18.2 Å². The van der Waals surface area contributed by atoms with Gasteiger partial charge in [-0.2, -0.15) is 5.26 Å². The van der Waals surface area contributed by atoms with E-state index in [1.807, 2.05) is 37.3 Å². The topological polar surface area (TPSA) is 50.1 Å². The van der Waals surface area contributed by atoms with Crippen molar-refractivity contribution in [3.05, 3.63) is 65.2 Å². The number of Topliss-reactive ketones (excluding diaryl/α,β-unsaturated/α-hetero) is 1. The van der Waals surface area contributed by atoms with E-state index in [-0.39, 0.29) is 12.4 Å². The Morgan fingerprint density at radius 2 is 1.85 bits per heavy atom. The molecule has 0 radical (unpaired) electrons. The number of nitrogens with zero attached hydrogens (tertiary/aromatic N) is 1. The van der Waals surface area contributed by atoms with Gasteiger partial charge in [0, 0.05) is 12.0 Å². The number of rotatable bonds is 5. The van der Waals surface area contributed by atoms with Gasteiger partial charge in [0.15, 0.2) is 5.78 Å². The van der Waals surface area contributed by atoms with Crippen LogP contribution in [0, 0.1) is 11.3 Å². The largest absolute Gasteiger partial charge is 0.488 e. The molecule has 20 heavy (non-hydrogen) atoms. The van der Waals surface area contributed by atoms with Gasteiger partial charge in [0.05, 0.1) is 17.2 Å². The molecule has 0 heterocycles. The van der Waals surface area contributed by atoms with E-state index in [0.29, 0.717) is 23.3 Å². The lowest BCUT2D eigenvalue weighted by molar-refractivity contribution is 0.0983. The SMILES string of the molecule is CCC(=O)c1ccccc1OCc1ccccc1C#N. The molecule has 0 atom stereocenters. The van der Waals surface area contributed by atoms with E-state index in [4.69, 9.17) is 10.00 Å². The first-order chi connectivity index (χ1) is 9.76. The fourth-order valence-electron chi connectivity index (χ4n) is 1.92. The number of ether oxygens (including phenoxy) is 1. The lowest BCUT2D eigenvalue weighted by Crippen LogP contribution is -2.04. The Labute approximate surface area is 118 Å². The summed E-state index contributed by atoms with van der Waals surface area (Å²) >= 11 is 0. The highest BCUT2D eigenvalue weighted by Gasteiger charge is 2.10. The summed E-state index contributed by atoms with van der Waals surface area (Å²) in [4.78, 5) is 11.8. The molecule has 100 valence electrons. The van der Waals surface area contributed by atoms with Crippen LogP contribution < -0.4 is 4.74 Å². The molecule has 0 bridgehead atoms. The lowest BCUT2D eigenvalue weighted by Gasteiger charge is -2.11. The van der Waals surface area contributed by atoms with E-state index >= 15 is 0 Å². The van der Waals surface area contributed by atoms with Crippen LogP contribution in [0.1, 0.15) is 34.8 Å². The van der Waals surface area contributed by atoms with Gasteiger partial charge < -0.3 is 4.74 Å². The summed E-state index contributed by atoms with van der Waals surface area (Å²) in [5.41, 5.74) is 1.99. The molecule has 0 fully saturated rings. The molecule has 3 heteroatoms. The van der Waals surface area contributed by atoms with E-state index in [1.54, 1.807) is 18.2 Å². The van der Waals surface area contributed by atoms with Crippen molar-refractivity contribution in [3.63, 3.8) is 0 Å². The molecule has 2 aromatic rings. The smallest absolute Gasteiger partial charge is 0.166 e. The zero-order valence-electron chi connectivity index (χ0n) is 11.3. The first-order valence-corrected chi connectivity index (χ1v) is 6.49. The minimum atomic E-state index is 0.0502.